The van der Waals surface area contributed by atoms with E-state index >= 15 is 4.21 Å². The van der Waals surface area contributed by atoms with Gasteiger partial charge in [0.25, 0.3) is 0 Å². The number of methoxy groups -OCH3 is 1. The molecule has 0 saturated heterocycles. The first-order chi connectivity index (χ1) is 24.4. The van der Waals surface area contributed by atoms with Gasteiger partial charge in [0.05, 0.1) is 19.3 Å². The molecule has 2 N–H and O–H groups in total. The van der Waals surface area contributed by atoms with Crippen LogP contribution in [-0.2, 0) is 46.0 Å². The predicted octanol–water partition coefficient (Wildman–Crippen LogP) is 7.38. The summed E-state index contributed by atoms with van der Waals surface area (Å²) in [6, 6.07) is 31.2. The van der Waals surface area contributed by atoms with Crippen molar-refractivity contribution >= 4 is 21.6 Å². The summed E-state index contributed by atoms with van der Waals surface area (Å²) in [6.07, 6.45) is 6.10. The lowest BCUT2D eigenvalue weighted by molar-refractivity contribution is 0.179. The largest absolute Gasteiger partial charge is 0.472 e. The maximum Gasteiger partial charge on any atom is 0.354 e. The molecular formula is C40H41N5O4S. The summed E-state index contributed by atoms with van der Waals surface area (Å²) in [4.78, 5) is 14.7. The van der Waals surface area contributed by atoms with E-state index in [9.17, 15) is 4.79 Å². The second-order valence-electron chi connectivity index (χ2n) is 13.4. The fraction of sp³-hybridized carbons (Fsp3) is 0.300. The summed E-state index contributed by atoms with van der Waals surface area (Å²) in [5.74, 6) is 0.505. The Balaban J connectivity index is 1.33. The quantitative estimate of drug-likeness (QED) is 0.157. The third-order valence-electron chi connectivity index (χ3n) is 10.2. The Hall–Kier alpha value is -4.77. The van der Waals surface area contributed by atoms with Crippen molar-refractivity contribution in [2.45, 2.75) is 68.0 Å². The molecule has 50 heavy (non-hydrogen) atoms. The highest BCUT2D eigenvalue weighted by molar-refractivity contribution is 7.92. The molecule has 8 rings (SSSR count). The molecule has 3 aliphatic rings. The molecule has 3 atom stereocenters. The maximum absolute atomic E-state index is 16.0. The number of nitrogens with one attached hydrogen (secondary N) is 2. The predicted molar refractivity (Wildman–Crippen MR) is 194 cm³/mol. The van der Waals surface area contributed by atoms with Gasteiger partial charge in [-0.2, -0.15) is 5.10 Å². The highest BCUT2D eigenvalue weighted by Gasteiger charge is 2.42. The Morgan fingerprint density at radius 1 is 0.960 bits per heavy atom. The summed E-state index contributed by atoms with van der Waals surface area (Å²) < 4.78 is 37.7. The highest BCUT2D eigenvalue weighted by Crippen LogP contribution is 2.45. The third-order valence-corrected chi connectivity index (χ3v) is 12.1. The fourth-order valence-corrected chi connectivity index (χ4v) is 9.95. The van der Waals surface area contributed by atoms with Crippen LogP contribution in [0.2, 0.25) is 0 Å². The number of aromatic nitrogens is 2. The van der Waals surface area contributed by atoms with Gasteiger partial charge < -0.3 is 14.8 Å². The molecule has 1 aliphatic heterocycles. The Labute approximate surface area is 293 Å². The molecule has 10 heteroatoms. The second kappa shape index (κ2) is 13.2. The fourth-order valence-electron chi connectivity index (χ4n) is 8.07. The molecule has 0 radical (unpaired) electrons. The van der Waals surface area contributed by atoms with Crippen molar-refractivity contribution in [2.75, 3.05) is 19.0 Å². The van der Waals surface area contributed by atoms with Crippen molar-refractivity contribution in [3.8, 4) is 5.88 Å². The number of aryl methyl sites for hydroxylation is 2. The van der Waals surface area contributed by atoms with Crippen LogP contribution in [0.3, 0.4) is 0 Å². The standard InChI is InChI=1S/C40H41N5O4S/c1-27-25-45-38(49-27)35(24-41-45)50(47,43-39(46)42-37-34-20-12-13-28(34)23-29-21-22-30(26-48-2)36(29)37)44-40(31-14-6-3-7-15-31,32-16-8-4-9-17-32)33-18-10-5-11-19-33/h3-11,14-19,23-24,27,30H,12-13,20-22,25-26H2,1-2H3,(H2,42,43,44,46,47)/t27-,30-,50+/m1/s1. The minimum absolute atomic E-state index is 0.161. The zero-order chi connectivity index (χ0) is 34.3. The lowest BCUT2D eigenvalue weighted by Gasteiger charge is -2.37. The van der Waals surface area contributed by atoms with Crippen LogP contribution in [0, 0.1) is 0 Å². The summed E-state index contributed by atoms with van der Waals surface area (Å²) in [7, 11) is -2.10. The Bertz CT molecular complexity index is 2060. The smallest absolute Gasteiger partial charge is 0.354 e. The summed E-state index contributed by atoms with van der Waals surface area (Å²) >= 11 is 0. The number of nitrogens with zero attached hydrogens (tertiary/aromatic N) is 3. The van der Waals surface area contributed by atoms with Crippen molar-refractivity contribution < 1.29 is 18.5 Å². The molecule has 0 saturated carbocycles. The normalized spacial score (nSPS) is 18.8. The van der Waals surface area contributed by atoms with Crippen molar-refractivity contribution in [1.82, 2.24) is 14.5 Å². The topological polar surface area (TPSA) is 107 Å². The average molecular weight is 688 g/mol. The van der Waals surface area contributed by atoms with Crippen molar-refractivity contribution in [3.63, 3.8) is 0 Å². The van der Waals surface area contributed by atoms with E-state index in [-0.39, 0.29) is 16.9 Å². The SMILES string of the molecule is COC[C@H]1CCc2cc3c(c(NC(=O)N=[S@](=O)(NC(c4ccccc4)(c4ccccc4)c4ccccc4)c4cnn5c4O[C@H](C)C5)c21)CCC3. The number of rotatable bonds is 9. The van der Waals surface area contributed by atoms with Crippen LogP contribution in [0.4, 0.5) is 10.5 Å². The lowest BCUT2D eigenvalue weighted by Crippen LogP contribution is -2.48. The summed E-state index contributed by atoms with van der Waals surface area (Å²) in [5.41, 5.74) is 6.88. The molecule has 9 nitrogen and oxygen atoms in total. The molecule has 0 fully saturated rings. The summed E-state index contributed by atoms with van der Waals surface area (Å²) in [6.45, 7) is 3.00. The van der Waals surface area contributed by atoms with Gasteiger partial charge in [-0.3, -0.25) is 0 Å². The van der Waals surface area contributed by atoms with Gasteiger partial charge in [-0.05, 0) is 78.0 Å². The van der Waals surface area contributed by atoms with E-state index in [4.69, 9.17) is 9.47 Å². The number of ether oxygens (including phenoxy) is 2. The van der Waals surface area contributed by atoms with Gasteiger partial charge in [-0.25, -0.2) is 18.4 Å². The number of benzene rings is 4. The number of hydrogen-bond donors (Lipinski definition) is 2. The van der Waals surface area contributed by atoms with E-state index < -0.39 is 21.5 Å². The van der Waals surface area contributed by atoms with Gasteiger partial charge >= 0.3 is 6.03 Å². The van der Waals surface area contributed by atoms with Gasteiger partial charge in [-0.1, -0.05) is 97.1 Å². The monoisotopic (exact) mass is 687 g/mol. The molecule has 5 aromatic rings. The number of fused-ring (bicyclic) bond motifs is 3. The first-order valence-electron chi connectivity index (χ1n) is 17.3. The van der Waals surface area contributed by atoms with E-state index in [0.717, 1.165) is 65.6 Å². The van der Waals surface area contributed by atoms with Crippen LogP contribution in [-0.4, -0.2) is 39.8 Å². The van der Waals surface area contributed by atoms with Crippen LogP contribution >= 0.6 is 0 Å². The first-order valence-corrected chi connectivity index (χ1v) is 18.8. The van der Waals surface area contributed by atoms with Crippen molar-refractivity contribution in [1.29, 1.82) is 0 Å². The number of anilines is 1. The molecule has 2 aliphatic carbocycles. The minimum Gasteiger partial charge on any atom is -0.472 e. The van der Waals surface area contributed by atoms with Crippen LogP contribution in [0.25, 0.3) is 0 Å². The van der Waals surface area contributed by atoms with E-state index in [1.54, 1.807) is 11.8 Å². The van der Waals surface area contributed by atoms with Crippen LogP contribution in [0.15, 0.2) is 113 Å². The van der Waals surface area contributed by atoms with Gasteiger partial charge in [0.1, 0.15) is 16.5 Å². The van der Waals surface area contributed by atoms with Gasteiger partial charge in [0.2, 0.25) is 5.88 Å². The number of carbonyl (C=O) groups excluding carboxylic acids is 1. The molecule has 4 aromatic carbocycles. The zero-order valence-corrected chi connectivity index (χ0v) is 29.1. The first kappa shape index (κ1) is 32.4. The van der Waals surface area contributed by atoms with Crippen LogP contribution in [0.1, 0.15) is 64.6 Å². The second-order valence-corrected chi connectivity index (χ2v) is 15.3. The zero-order valence-electron chi connectivity index (χ0n) is 28.3. The molecule has 2 heterocycles. The minimum atomic E-state index is -3.82. The number of hydrogen-bond acceptors (Lipinski definition) is 5. The molecule has 0 spiro atoms. The van der Waals surface area contributed by atoms with Gasteiger partial charge in [0, 0.05) is 18.7 Å². The molecule has 1 aromatic heterocycles. The van der Waals surface area contributed by atoms with Gasteiger partial charge in [0.15, 0.2) is 9.92 Å². The molecule has 256 valence electrons. The lowest BCUT2D eigenvalue weighted by atomic mass is 9.78. The number of amides is 2. The van der Waals surface area contributed by atoms with Crippen molar-refractivity contribution in [3.05, 3.63) is 142 Å². The average Bonchev–Trinajstić information content (AvgIpc) is 3.93. The van der Waals surface area contributed by atoms with E-state index in [1.165, 1.54) is 17.3 Å². The van der Waals surface area contributed by atoms with E-state index in [1.807, 2.05) is 97.9 Å². The molecule has 2 amide bonds. The maximum atomic E-state index is 16.0. The molecule has 0 unspecified atom stereocenters. The van der Waals surface area contributed by atoms with E-state index in [2.05, 4.69) is 25.6 Å². The third kappa shape index (κ3) is 5.61. The van der Waals surface area contributed by atoms with Crippen LogP contribution < -0.4 is 14.8 Å². The number of carbonyl (C=O) groups is 1. The Morgan fingerprint density at radius 2 is 1.60 bits per heavy atom. The Morgan fingerprint density at radius 3 is 2.22 bits per heavy atom. The number of urea groups is 1. The Kier molecular flexibility index (Phi) is 8.54. The van der Waals surface area contributed by atoms with E-state index in [0.29, 0.717) is 19.0 Å². The molecular weight excluding hydrogens is 647 g/mol. The van der Waals surface area contributed by atoms with Crippen molar-refractivity contribution in [2.24, 2.45) is 4.36 Å². The molecule has 0 bridgehead atoms. The summed E-state index contributed by atoms with van der Waals surface area (Å²) in [5, 5.41) is 7.73. The van der Waals surface area contributed by atoms with Gasteiger partial charge in [-0.15, -0.1) is 4.36 Å². The van der Waals surface area contributed by atoms with Crippen LogP contribution in [0.5, 0.6) is 5.88 Å². The highest BCUT2D eigenvalue weighted by atomic mass is 32.2.